The first-order valence-corrected chi connectivity index (χ1v) is 11.6. The summed E-state index contributed by atoms with van der Waals surface area (Å²) in [5, 5.41) is 6.87. The molecule has 1 spiro atoms. The van der Waals surface area contributed by atoms with E-state index in [1.165, 1.54) is 17.5 Å². The highest BCUT2D eigenvalue weighted by atomic mass is 15.1. The number of nitrogens with two attached hydrogens (primary N) is 1. The van der Waals surface area contributed by atoms with Crippen molar-refractivity contribution in [1.82, 2.24) is 30.2 Å². The van der Waals surface area contributed by atoms with Crippen LogP contribution in [0.15, 0.2) is 54.9 Å². The Labute approximate surface area is 198 Å². The van der Waals surface area contributed by atoms with Crippen molar-refractivity contribution in [3.63, 3.8) is 0 Å². The Morgan fingerprint density at radius 1 is 1.00 bits per heavy atom. The SMILES string of the molecule is Cc1cccc(-c2nccc(Nc3nc(N)ncc3-c3ccc4c(c3)CC3(CCNC3)C4)n2)n1. The van der Waals surface area contributed by atoms with Crippen molar-refractivity contribution < 1.29 is 0 Å². The van der Waals surface area contributed by atoms with E-state index in [9.17, 15) is 0 Å². The van der Waals surface area contributed by atoms with Crippen LogP contribution in [0, 0.1) is 12.3 Å². The van der Waals surface area contributed by atoms with Gasteiger partial charge in [0.25, 0.3) is 0 Å². The summed E-state index contributed by atoms with van der Waals surface area (Å²) in [5.41, 5.74) is 12.8. The summed E-state index contributed by atoms with van der Waals surface area (Å²) < 4.78 is 0. The molecule has 1 saturated heterocycles. The first-order chi connectivity index (χ1) is 16.6. The highest BCUT2D eigenvalue weighted by molar-refractivity contribution is 5.78. The third kappa shape index (κ3) is 3.86. The van der Waals surface area contributed by atoms with Gasteiger partial charge in [-0.05, 0) is 73.0 Å². The van der Waals surface area contributed by atoms with E-state index in [0.29, 0.717) is 22.9 Å². The normalized spacial score (nSPS) is 18.9. The number of fused-ring (bicyclic) bond motifs is 1. The maximum absolute atomic E-state index is 5.95. The molecule has 4 heterocycles. The van der Waals surface area contributed by atoms with Crippen molar-refractivity contribution in [2.75, 3.05) is 24.1 Å². The van der Waals surface area contributed by atoms with Crippen molar-refractivity contribution in [1.29, 1.82) is 0 Å². The molecular formula is C26H26N8. The average Bonchev–Trinajstić information content (AvgIpc) is 3.44. The molecule has 8 nitrogen and oxygen atoms in total. The van der Waals surface area contributed by atoms with Crippen LogP contribution in [0.1, 0.15) is 23.2 Å². The van der Waals surface area contributed by atoms with Crippen molar-refractivity contribution in [3.8, 4) is 22.6 Å². The summed E-state index contributed by atoms with van der Waals surface area (Å²) in [5.74, 6) is 1.98. The minimum Gasteiger partial charge on any atom is -0.368 e. The van der Waals surface area contributed by atoms with E-state index < -0.39 is 0 Å². The van der Waals surface area contributed by atoms with Gasteiger partial charge in [-0.15, -0.1) is 0 Å². The lowest BCUT2D eigenvalue weighted by molar-refractivity contribution is 0.345. The molecule has 1 aliphatic heterocycles. The molecule has 4 aromatic rings. The minimum atomic E-state index is 0.207. The van der Waals surface area contributed by atoms with Crippen molar-refractivity contribution >= 4 is 17.6 Å². The van der Waals surface area contributed by atoms with Crippen LogP contribution in [0.25, 0.3) is 22.6 Å². The topological polar surface area (TPSA) is 115 Å². The van der Waals surface area contributed by atoms with Gasteiger partial charge in [0.2, 0.25) is 5.95 Å². The van der Waals surface area contributed by atoms with E-state index in [2.05, 4.69) is 53.8 Å². The quantitative estimate of drug-likeness (QED) is 0.431. The van der Waals surface area contributed by atoms with Crippen molar-refractivity contribution in [2.45, 2.75) is 26.2 Å². The number of nitrogen functional groups attached to an aromatic ring is 1. The number of hydrogen-bond donors (Lipinski definition) is 3. The molecule has 1 unspecified atom stereocenters. The zero-order chi connectivity index (χ0) is 23.1. The summed E-state index contributed by atoms with van der Waals surface area (Å²) in [7, 11) is 0. The monoisotopic (exact) mass is 450 g/mol. The molecule has 1 aliphatic carbocycles. The molecule has 3 aromatic heterocycles. The first kappa shape index (κ1) is 20.7. The van der Waals surface area contributed by atoms with Gasteiger partial charge in [0, 0.05) is 30.2 Å². The van der Waals surface area contributed by atoms with Crippen LogP contribution < -0.4 is 16.4 Å². The van der Waals surface area contributed by atoms with E-state index in [1.807, 2.05) is 25.1 Å². The molecule has 0 radical (unpaired) electrons. The smallest absolute Gasteiger partial charge is 0.221 e. The second-order valence-corrected chi connectivity index (χ2v) is 9.31. The molecular weight excluding hydrogens is 424 g/mol. The van der Waals surface area contributed by atoms with Gasteiger partial charge >= 0.3 is 0 Å². The standard InChI is InChI=1S/C26H26N8/c1-16-3-2-4-21(31-16)24-29-9-7-22(33-24)32-23-20(14-30-25(27)34-23)17-5-6-18-12-26(8-10-28-15-26)13-19(18)11-17/h2-7,9,11,14,28H,8,10,12-13,15H2,1H3,(H3,27,29,30,32,33,34). The van der Waals surface area contributed by atoms with E-state index in [4.69, 9.17) is 5.73 Å². The molecule has 0 saturated carbocycles. The largest absolute Gasteiger partial charge is 0.368 e. The number of aryl methyl sites for hydroxylation is 1. The lowest BCUT2D eigenvalue weighted by Gasteiger charge is -2.20. The Hall–Kier alpha value is -3.91. The first-order valence-electron chi connectivity index (χ1n) is 11.6. The second kappa shape index (κ2) is 8.14. The fourth-order valence-corrected chi connectivity index (χ4v) is 5.14. The summed E-state index contributed by atoms with van der Waals surface area (Å²) in [6.07, 6.45) is 6.98. The van der Waals surface area contributed by atoms with E-state index >= 15 is 0 Å². The third-order valence-electron chi connectivity index (χ3n) is 6.81. The van der Waals surface area contributed by atoms with Gasteiger partial charge in [0.15, 0.2) is 5.82 Å². The van der Waals surface area contributed by atoms with Crippen LogP contribution in [-0.4, -0.2) is 38.0 Å². The van der Waals surface area contributed by atoms with Gasteiger partial charge < -0.3 is 16.4 Å². The van der Waals surface area contributed by atoms with Crippen LogP contribution in [0.2, 0.25) is 0 Å². The van der Waals surface area contributed by atoms with Gasteiger partial charge in [-0.25, -0.2) is 19.9 Å². The van der Waals surface area contributed by atoms with Gasteiger partial charge in [0.1, 0.15) is 17.3 Å². The number of pyridine rings is 1. The van der Waals surface area contributed by atoms with Gasteiger partial charge in [0.05, 0.1) is 0 Å². The summed E-state index contributed by atoms with van der Waals surface area (Å²) >= 11 is 0. The molecule has 2 aliphatic rings. The van der Waals surface area contributed by atoms with Crippen LogP contribution in [0.5, 0.6) is 0 Å². The van der Waals surface area contributed by atoms with E-state index in [0.717, 1.165) is 48.4 Å². The predicted molar refractivity (Wildman–Crippen MR) is 132 cm³/mol. The number of aromatic nitrogens is 5. The second-order valence-electron chi connectivity index (χ2n) is 9.31. The van der Waals surface area contributed by atoms with Gasteiger partial charge in [-0.3, -0.25) is 0 Å². The van der Waals surface area contributed by atoms with E-state index in [1.54, 1.807) is 18.5 Å². The van der Waals surface area contributed by atoms with Crippen LogP contribution in [0.3, 0.4) is 0 Å². The van der Waals surface area contributed by atoms with Crippen molar-refractivity contribution in [2.24, 2.45) is 5.41 Å². The number of benzene rings is 1. The number of nitrogens with one attached hydrogen (secondary N) is 2. The zero-order valence-corrected chi connectivity index (χ0v) is 19.0. The summed E-state index contributed by atoms with van der Waals surface area (Å²) in [4.78, 5) is 22.3. The molecule has 170 valence electrons. The van der Waals surface area contributed by atoms with Crippen molar-refractivity contribution in [3.05, 3.63) is 71.7 Å². The van der Waals surface area contributed by atoms with Crippen LogP contribution >= 0.6 is 0 Å². The number of anilines is 3. The minimum absolute atomic E-state index is 0.207. The summed E-state index contributed by atoms with van der Waals surface area (Å²) in [6.45, 7) is 4.16. The van der Waals surface area contributed by atoms with Gasteiger partial charge in [-0.1, -0.05) is 24.3 Å². The highest BCUT2D eigenvalue weighted by Crippen LogP contribution is 2.43. The Bertz CT molecular complexity index is 1380. The maximum atomic E-state index is 5.95. The molecule has 0 amide bonds. The molecule has 1 aromatic carbocycles. The van der Waals surface area contributed by atoms with Crippen LogP contribution in [-0.2, 0) is 12.8 Å². The molecule has 1 atom stereocenters. The van der Waals surface area contributed by atoms with Gasteiger partial charge in [-0.2, -0.15) is 4.98 Å². The lowest BCUT2D eigenvalue weighted by Crippen LogP contribution is -2.24. The molecule has 1 fully saturated rings. The Balaban J connectivity index is 1.33. The number of hydrogen-bond acceptors (Lipinski definition) is 8. The number of rotatable bonds is 4. The predicted octanol–water partition coefficient (Wildman–Crippen LogP) is 3.71. The Morgan fingerprint density at radius 2 is 1.91 bits per heavy atom. The summed E-state index contributed by atoms with van der Waals surface area (Å²) in [6, 6.07) is 14.3. The number of nitrogens with zero attached hydrogens (tertiary/aromatic N) is 5. The Morgan fingerprint density at radius 3 is 2.76 bits per heavy atom. The third-order valence-corrected chi connectivity index (χ3v) is 6.81. The maximum Gasteiger partial charge on any atom is 0.221 e. The Kier molecular flexibility index (Phi) is 4.95. The molecule has 4 N–H and O–H groups in total. The molecule has 8 heteroatoms. The molecule has 6 rings (SSSR count). The lowest BCUT2D eigenvalue weighted by atomic mass is 9.84. The van der Waals surface area contributed by atoms with Crippen LogP contribution in [0.4, 0.5) is 17.6 Å². The van der Waals surface area contributed by atoms with E-state index in [-0.39, 0.29) is 5.95 Å². The zero-order valence-electron chi connectivity index (χ0n) is 19.0. The fraction of sp³-hybridized carbons (Fsp3) is 0.269. The highest BCUT2D eigenvalue weighted by Gasteiger charge is 2.39. The fourth-order valence-electron chi connectivity index (χ4n) is 5.14. The average molecular weight is 451 g/mol. The molecule has 34 heavy (non-hydrogen) atoms. The molecule has 0 bridgehead atoms.